The molecule has 0 saturated heterocycles. The lowest BCUT2D eigenvalue weighted by Gasteiger charge is -2.46. The van der Waals surface area contributed by atoms with Gasteiger partial charge >= 0.3 is 0 Å². The lowest BCUT2D eigenvalue weighted by molar-refractivity contribution is 0.614. The first kappa shape index (κ1) is 26.8. The van der Waals surface area contributed by atoms with E-state index in [0.29, 0.717) is 5.92 Å². The van der Waals surface area contributed by atoms with Gasteiger partial charge in [-0.3, -0.25) is 0 Å². The average molecular weight is 591 g/mol. The van der Waals surface area contributed by atoms with E-state index in [4.69, 9.17) is 0 Å². The molecule has 0 spiro atoms. The summed E-state index contributed by atoms with van der Waals surface area (Å²) >= 11 is 0. The van der Waals surface area contributed by atoms with Crippen molar-refractivity contribution >= 4 is 34.0 Å². The minimum Gasteiger partial charge on any atom is -0.334 e. The average Bonchev–Trinajstić information content (AvgIpc) is 3.13. The summed E-state index contributed by atoms with van der Waals surface area (Å²) in [6.07, 6.45) is 15.4. The van der Waals surface area contributed by atoms with Crippen molar-refractivity contribution in [2.45, 2.75) is 18.4 Å². The molecule has 5 aromatic carbocycles. The van der Waals surface area contributed by atoms with Gasteiger partial charge < -0.3 is 9.80 Å². The standard InChI is InChI=1S/C44H34N2/c1-5-15-31(16-6-1)45(32-17-7-2-8-18-32)41-29-27-37-36-24-14-26-40-42(30-28-38(44(36)40)35-23-13-25-39(41)43(35)37)46(33-19-9-3-10-20-33)34-21-11-4-12-22-34/h1-27,29-30,38-39,41H,28H2. The number of nitrogens with zero attached hydrogens (tertiary/aromatic N) is 2. The highest BCUT2D eigenvalue weighted by Gasteiger charge is 2.42. The Morgan fingerprint density at radius 1 is 0.543 bits per heavy atom. The van der Waals surface area contributed by atoms with E-state index in [-0.39, 0.29) is 12.0 Å². The zero-order chi connectivity index (χ0) is 30.5. The lowest BCUT2D eigenvalue weighted by Crippen LogP contribution is -2.40. The molecule has 0 saturated carbocycles. The van der Waals surface area contributed by atoms with Crippen molar-refractivity contribution in [2.75, 3.05) is 9.80 Å². The fourth-order valence-electron chi connectivity index (χ4n) is 8.07. The zero-order valence-corrected chi connectivity index (χ0v) is 25.6. The van der Waals surface area contributed by atoms with Crippen LogP contribution in [0.5, 0.6) is 0 Å². The van der Waals surface area contributed by atoms with Gasteiger partial charge in [0.05, 0.1) is 6.04 Å². The Morgan fingerprint density at radius 2 is 1.11 bits per heavy atom. The summed E-state index contributed by atoms with van der Waals surface area (Å²) in [4.78, 5) is 4.94. The number of anilines is 4. The monoisotopic (exact) mass is 590 g/mol. The highest BCUT2D eigenvalue weighted by molar-refractivity contribution is 5.96. The molecule has 2 heteroatoms. The van der Waals surface area contributed by atoms with Gasteiger partial charge in [-0.25, -0.2) is 0 Å². The smallest absolute Gasteiger partial charge is 0.0629 e. The van der Waals surface area contributed by atoms with Crippen LogP contribution < -0.4 is 9.80 Å². The minimum absolute atomic E-state index is 0.162. The molecule has 3 unspecified atom stereocenters. The van der Waals surface area contributed by atoms with E-state index in [9.17, 15) is 0 Å². The van der Waals surface area contributed by atoms with Crippen LogP contribution in [0.4, 0.5) is 22.7 Å². The maximum atomic E-state index is 2.51. The Morgan fingerprint density at radius 3 is 1.72 bits per heavy atom. The van der Waals surface area contributed by atoms with Crippen molar-refractivity contribution in [1.82, 2.24) is 0 Å². The molecular weight excluding hydrogens is 556 g/mol. The predicted molar refractivity (Wildman–Crippen MR) is 192 cm³/mol. The summed E-state index contributed by atoms with van der Waals surface area (Å²) in [6, 6.07) is 50.4. The molecule has 46 heavy (non-hydrogen) atoms. The van der Waals surface area contributed by atoms with Crippen LogP contribution in [0.2, 0.25) is 0 Å². The van der Waals surface area contributed by atoms with E-state index in [1.807, 2.05) is 0 Å². The molecular formula is C44H34N2. The van der Waals surface area contributed by atoms with Crippen LogP contribution in [0.25, 0.3) is 11.3 Å². The van der Waals surface area contributed by atoms with E-state index in [0.717, 1.165) is 6.42 Å². The molecule has 0 N–H and O–H groups in total. The molecule has 220 valence electrons. The fourth-order valence-corrected chi connectivity index (χ4v) is 8.07. The van der Waals surface area contributed by atoms with Crippen molar-refractivity contribution < 1.29 is 0 Å². The number of allylic oxidation sites excluding steroid dienone is 6. The van der Waals surface area contributed by atoms with Gasteiger partial charge in [0.1, 0.15) is 0 Å². The Kier molecular flexibility index (Phi) is 6.45. The second-order valence-corrected chi connectivity index (χ2v) is 12.4. The van der Waals surface area contributed by atoms with Gasteiger partial charge in [-0.2, -0.15) is 0 Å². The molecule has 0 heterocycles. The van der Waals surface area contributed by atoms with E-state index in [1.54, 1.807) is 0 Å². The van der Waals surface area contributed by atoms with Gasteiger partial charge in [-0.15, -0.1) is 0 Å². The minimum atomic E-state index is 0.162. The maximum Gasteiger partial charge on any atom is 0.0629 e. The normalized spacial score (nSPS) is 20.3. The van der Waals surface area contributed by atoms with Gasteiger partial charge in [-0.05, 0) is 82.8 Å². The molecule has 9 rings (SSSR count). The molecule has 4 aliphatic carbocycles. The second kappa shape index (κ2) is 11.1. The molecule has 0 aromatic heterocycles. The molecule has 0 fully saturated rings. The van der Waals surface area contributed by atoms with E-state index >= 15 is 0 Å². The Hall–Kier alpha value is -5.60. The first-order chi connectivity index (χ1) is 22.9. The van der Waals surface area contributed by atoms with Gasteiger partial charge in [0.2, 0.25) is 0 Å². The van der Waals surface area contributed by atoms with Crippen molar-refractivity contribution in [2.24, 2.45) is 5.92 Å². The van der Waals surface area contributed by atoms with Gasteiger partial charge in [0.15, 0.2) is 0 Å². The van der Waals surface area contributed by atoms with Crippen LogP contribution in [0.3, 0.4) is 0 Å². The fraction of sp³-hybridized carbons (Fsp3) is 0.0909. The lowest BCUT2D eigenvalue weighted by atomic mass is 9.63. The van der Waals surface area contributed by atoms with Crippen LogP contribution in [0, 0.1) is 5.92 Å². The van der Waals surface area contributed by atoms with Crippen LogP contribution >= 0.6 is 0 Å². The highest BCUT2D eigenvalue weighted by atomic mass is 15.2. The Balaban J connectivity index is 1.18. The van der Waals surface area contributed by atoms with Crippen LogP contribution in [0.15, 0.2) is 187 Å². The summed E-state index contributed by atoms with van der Waals surface area (Å²) < 4.78 is 0. The van der Waals surface area contributed by atoms with Crippen LogP contribution in [0.1, 0.15) is 29.0 Å². The third-order valence-corrected chi connectivity index (χ3v) is 9.94. The first-order valence-electron chi connectivity index (χ1n) is 16.3. The first-order valence-corrected chi connectivity index (χ1v) is 16.3. The summed E-state index contributed by atoms with van der Waals surface area (Å²) in [7, 11) is 0. The molecule has 5 aromatic rings. The third-order valence-electron chi connectivity index (χ3n) is 9.94. The molecule has 2 nitrogen and oxygen atoms in total. The van der Waals surface area contributed by atoms with Gasteiger partial charge in [0, 0.05) is 45.8 Å². The number of fused-ring (bicyclic) bond motifs is 2. The number of para-hydroxylation sites is 4. The van der Waals surface area contributed by atoms with E-state index < -0.39 is 0 Å². The van der Waals surface area contributed by atoms with Gasteiger partial charge in [0.25, 0.3) is 0 Å². The third kappa shape index (κ3) is 4.25. The zero-order valence-electron chi connectivity index (χ0n) is 25.6. The number of benzene rings is 5. The molecule has 0 amide bonds. The van der Waals surface area contributed by atoms with Crippen LogP contribution in [-0.2, 0) is 0 Å². The van der Waals surface area contributed by atoms with E-state index in [2.05, 4.69) is 186 Å². The van der Waals surface area contributed by atoms with Crippen LogP contribution in [-0.4, -0.2) is 6.04 Å². The second-order valence-electron chi connectivity index (χ2n) is 12.4. The van der Waals surface area contributed by atoms with Gasteiger partial charge in [-0.1, -0.05) is 127 Å². The summed E-state index contributed by atoms with van der Waals surface area (Å²) in [6.45, 7) is 0. The summed E-state index contributed by atoms with van der Waals surface area (Å²) in [5.74, 6) is 0.566. The Bertz CT molecular complexity index is 1990. The maximum absolute atomic E-state index is 2.51. The van der Waals surface area contributed by atoms with Crippen molar-refractivity contribution in [3.05, 3.63) is 204 Å². The van der Waals surface area contributed by atoms with Crippen molar-refractivity contribution in [3.8, 4) is 0 Å². The SMILES string of the molecule is C1=CC2C3=C(C=CC2N(c2ccccc2)c2ccccc2)c2cccc4c2C(CC=C4N(c2ccccc2)c2ccccc2)C3=C1. The Labute approximate surface area is 271 Å². The van der Waals surface area contributed by atoms with Crippen molar-refractivity contribution in [3.63, 3.8) is 0 Å². The molecule has 0 aliphatic heterocycles. The summed E-state index contributed by atoms with van der Waals surface area (Å²) in [5, 5.41) is 0. The highest BCUT2D eigenvalue weighted by Crippen LogP contribution is 2.56. The molecule has 0 radical (unpaired) electrons. The largest absolute Gasteiger partial charge is 0.334 e. The number of hydrogen-bond acceptors (Lipinski definition) is 2. The number of rotatable bonds is 6. The molecule has 0 bridgehead atoms. The van der Waals surface area contributed by atoms with Crippen molar-refractivity contribution in [1.29, 1.82) is 0 Å². The molecule has 3 atom stereocenters. The topological polar surface area (TPSA) is 6.48 Å². The van der Waals surface area contributed by atoms with E-state index in [1.165, 1.54) is 61.9 Å². The summed E-state index contributed by atoms with van der Waals surface area (Å²) in [5.41, 5.74) is 14.5. The number of hydrogen-bond donors (Lipinski definition) is 0. The molecule has 4 aliphatic rings. The quantitative estimate of drug-likeness (QED) is 0.194. The predicted octanol–water partition coefficient (Wildman–Crippen LogP) is 11.0.